The fraction of sp³-hybridized carbons (Fsp3) is 0.333. The van der Waals surface area contributed by atoms with E-state index in [4.69, 9.17) is 5.73 Å². The van der Waals surface area contributed by atoms with Crippen molar-refractivity contribution in [2.45, 2.75) is 32.0 Å². The zero-order chi connectivity index (χ0) is 14.0. The van der Waals surface area contributed by atoms with Gasteiger partial charge in [0, 0.05) is 0 Å². The summed E-state index contributed by atoms with van der Waals surface area (Å²) in [6, 6.07) is 8.56. The van der Waals surface area contributed by atoms with Crippen molar-refractivity contribution in [2.75, 3.05) is 0 Å². The molecule has 0 radical (unpaired) electrons. The molecule has 2 N–H and O–H groups in total. The van der Waals surface area contributed by atoms with E-state index in [9.17, 15) is 13.2 Å². The fourth-order valence-corrected chi connectivity index (χ4v) is 2.24. The molecule has 0 aromatic heterocycles. The van der Waals surface area contributed by atoms with E-state index >= 15 is 0 Å². The molecule has 2 aromatic rings. The van der Waals surface area contributed by atoms with Crippen LogP contribution in [0.15, 0.2) is 36.4 Å². The van der Waals surface area contributed by atoms with Crippen molar-refractivity contribution in [3.8, 4) is 0 Å². The molecule has 0 spiro atoms. The second-order valence-corrected chi connectivity index (χ2v) is 4.67. The Bertz CT molecular complexity index is 575. The quantitative estimate of drug-likeness (QED) is 0.878. The summed E-state index contributed by atoms with van der Waals surface area (Å²) in [6.07, 6.45) is -2.61. The molecule has 1 nitrogen and oxygen atoms in total. The van der Waals surface area contributed by atoms with Crippen LogP contribution in [0.1, 0.15) is 30.5 Å². The molecular weight excluding hydrogens is 251 g/mol. The van der Waals surface area contributed by atoms with E-state index in [1.165, 1.54) is 6.07 Å². The van der Waals surface area contributed by atoms with Gasteiger partial charge in [-0.15, -0.1) is 0 Å². The van der Waals surface area contributed by atoms with E-state index in [-0.39, 0.29) is 5.56 Å². The van der Waals surface area contributed by atoms with Gasteiger partial charge in [-0.2, -0.15) is 13.2 Å². The minimum atomic E-state index is -4.42. The van der Waals surface area contributed by atoms with Crippen molar-refractivity contribution in [3.05, 3.63) is 47.5 Å². The van der Waals surface area contributed by atoms with Crippen LogP contribution in [0.5, 0.6) is 0 Å². The highest BCUT2D eigenvalue weighted by atomic mass is 19.4. The number of halogens is 3. The Kier molecular flexibility index (Phi) is 3.80. The Morgan fingerprint density at radius 2 is 1.89 bits per heavy atom. The fourth-order valence-electron chi connectivity index (χ4n) is 2.24. The largest absolute Gasteiger partial charge is 0.407 e. The first kappa shape index (κ1) is 13.9. The van der Waals surface area contributed by atoms with Gasteiger partial charge >= 0.3 is 6.18 Å². The van der Waals surface area contributed by atoms with E-state index in [1.54, 1.807) is 12.1 Å². The van der Waals surface area contributed by atoms with Crippen LogP contribution >= 0.6 is 0 Å². The summed E-state index contributed by atoms with van der Waals surface area (Å²) in [6.45, 7) is 2.04. The number of nitrogens with two attached hydrogens (primary N) is 1. The number of hydrogen-bond donors (Lipinski definition) is 1. The van der Waals surface area contributed by atoms with Crippen molar-refractivity contribution in [1.82, 2.24) is 0 Å². The summed E-state index contributed by atoms with van der Waals surface area (Å²) in [5, 5.41) is 1.38. The zero-order valence-corrected chi connectivity index (χ0v) is 10.7. The first-order chi connectivity index (χ1) is 8.93. The first-order valence-corrected chi connectivity index (χ1v) is 6.27. The Balaban J connectivity index is 2.57. The van der Waals surface area contributed by atoms with Crippen LogP contribution in [-0.4, -0.2) is 6.18 Å². The molecule has 0 aliphatic rings. The maximum Gasteiger partial charge on any atom is 0.407 e. The van der Waals surface area contributed by atoms with Crippen LogP contribution in [0.4, 0.5) is 13.2 Å². The SMILES string of the molecule is CCCc1ccc2cccc([C@H](N)C(F)(F)F)c2c1. The second kappa shape index (κ2) is 5.21. The van der Waals surface area contributed by atoms with Crippen molar-refractivity contribution in [2.24, 2.45) is 5.73 Å². The average Bonchev–Trinajstić information content (AvgIpc) is 2.36. The predicted octanol–water partition coefficient (Wildman–Crippen LogP) is 4.35. The van der Waals surface area contributed by atoms with Crippen LogP contribution in [0, 0.1) is 0 Å². The van der Waals surface area contributed by atoms with E-state index in [1.807, 2.05) is 25.1 Å². The van der Waals surface area contributed by atoms with Crippen molar-refractivity contribution < 1.29 is 13.2 Å². The lowest BCUT2D eigenvalue weighted by atomic mass is 9.96. The van der Waals surface area contributed by atoms with Gasteiger partial charge in [-0.3, -0.25) is 0 Å². The molecule has 0 bridgehead atoms. The third-order valence-corrected chi connectivity index (χ3v) is 3.21. The van der Waals surface area contributed by atoms with E-state index in [0.717, 1.165) is 23.8 Å². The molecule has 0 aliphatic heterocycles. The lowest BCUT2D eigenvalue weighted by Crippen LogP contribution is -2.28. The molecule has 0 amide bonds. The minimum absolute atomic E-state index is 0.142. The normalized spacial score (nSPS) is 13.7. The zero-order valence-electron chi connectivity index (χ0n) is 10.7. The highest BCUT2D eigenvalue weighted by Gasteiger charge is 2.38. The molecule has 0 heterocycles. The van der Waals surface area contributed by atoms with E-state index in [2.05, 4.69) is 0 Å². The number of rotatable bonds is 3. The van der Waals surface area contributed by atoms with Gasteiger partial charge in [0.05, 0.1) is 0 Å². The number of alkyl halides is 3. The molecule has 102 valence electrons. The number of benzene rings is 2. The van der Waals surface area contributed by atoms with Gasteiger partial charge in [0.2, 0.25) is 0 Å². The summed E-state index contributed by atoms with van der Waals surface area (Å²) in [4.78, 5) is 0. The van der Waals surface area contributed by atoms with Gasteiger partial charge in [-0.1, -0.05) is 49.7 Å². The van der Waals surface area contributed by atoms with E-state index in [0.29, 0.717) is 5.39 Å². The lowest BCUT2D eigenvalue weighted by Gasteiger charge is -2.18. The Morgan fingerprint density at radius 1 is 1.16 bits per heavy atom. The maximum absolute atomic E-state index is 12.8. The Labute approximate surface area is 110 Å². The standard InChI is InChI=1S/C15H16F3N/c1-2-4-10-7-8-11-5-3-6-12(13(11)9-10)14(19)15(16,17)18/h3,5-9,14H,2,4,19H2,1H3/t14-/m0/s1. The monoisotopic (exact) mass is 267 g/mol. The molecule has 2 rings (SSSR count). The molecule has 1 atom stereocenters. The molecule has 4 heteroatoms. The molecule has 0 aliphatic carbocycles. The minimum Gasteiger partial charge on any atom is -0.316 e. The van der Waals surface area contributed by atoms with Gasteiger partial charge in [-0.05, 0) is 28.3 Å². The molecular formula is C15H16F3N. The first-order valence-electron chi connectivity index (χ1n) is 6.27. The van der Waals surface area contributed by atoms with Crippen LogP contribution in [0.3, 0.4) is 0 Å². The average molecular weight is 267 g/mol. The van der Waals surface area contributed by atoms with Crippen LogP contribution in [0.2, 0.25) is 0 Å². The third-order valence-electron chi connectivity index (χ3n) is 3.21. The Morgan fingerprint density at radius 3 is 2.53 bits per heavy atom. The molecule has 0 saturated carbocycles. The second-order valence-electron chi connectivity index (χ2n) is 4.67. The topological polar surface area (TPSA) is 26.0 Å². The maximum atomic E-state index is 12.8. The lowest BCUT2D eigenvalue weighted by molar-refractivity contribution is -0.148. The molecule has 0 fully saturated rings. The molecule has 19 heavy (non-hydrogen) atoms. The van der Waals surface area contributed by atoms with Gasteiger partial charge < -0.3 is 5.73 Å². The highest BCUT2D eigenvalue weighted by Crippen LogP contribution is 2.34. The summed E-state index contributed by atoms with van der Waals surface area (Å²) in [7, 11) is 0. The smallest absolute Gasteiger partial charge is 0.316 e. The molecule has 2 aromatic carbocycles. The van der Waals surface area contributed by atoms with Gasteiger partial charge in [0.1, 0.15) is 6.04 Å². The van der Waals surface area contributed by atoms with Gasteiger partial charge in [0.25, 0.3) is 0 Å². The van der Waals surface area contributed by atoms with Crippen LogP contribution in [-0.2, 0) is 6.42 Å². The van der Waals surface area contributed by atoms with Crippen molar-refractivity contribution in [3.63, 3.8) is 0 Å². The van der Waals surface area contributed by atoms with Gasteiger partial charge in [-0.25, -0.2) is 0 Å². The summed E-state index contributed by atoms with van der Waals surface area (Å²) in [5.74, 6) is 0. The third kappa shape index (κ3) is 2.89. The van der Waals surface area contributed by atoms with Crippen LogP contribution in [0.25, 0.3) is 10.8 Å². The summed E-state index contributed by atoms with van der Waals surface area (Å²) >= 11 is 0. The van der Waals surface area contributed by atoms with Gasteiger partial charge in [0.15, 0.2) is 0 Å². The summed E-state index contributed by atoms with van der Waals surface area (Å²) in [5.41, 5.74) is 6.52. The van der Waals surface area contributed by atoms with Crippen LogP contribution < -0.4 is 5.73 Å². The number of hydrogen-bond acceptors (Lipinski definition) is 1. The Hall–Kier alpha value is -1.55. The van der Waals surface area contributed by atoms with E-state index < -0.39 is 12.2 Å². The summed E-state index contributed by atoms with van der Waals surface area (Å²) < 4.78 is 38.4. The van der Waals surface area contributed by atoms with Crippen molar-refractivity contribution >= 4 is 10.8 Å². The predicted molar refractivity (Wildman–Crippen MR) is 70.9 cm³/mol. The van der Waals surface area contributed by atoms with Crippen molar-refractivity contribution in [1.29, 1.82) is 0 Å². The molecule has 0 saturated heterocycles. The highest BCUT2D eigenvalue weighted by molar-refractivity contribution is 5.86. The number of fused-ring (bicyclic) bond motifs is 1. The number of aryl methyl sites for hydroxylation is 1. The molecule has 0 unspecified atom stereocenters.